The molecule has 0 spiro atoms. The van der Waals surface area contributed by atoms with Crippen LogP contribution in [0, 0.1) is 10.1 Å². The molecule has 0 saturated carbocycles. The van der Waals surface area contributed by atoms with Gasteiger partial charge in [0.2, 0.25) is 0 Å². The van der Waals surface area contributed by atoms with E-state index in [4.69, 9.17) is 0 Å². The molecule has 7 heteroatoms. The first-order chi connectivity index (χ1) is 9.13. The van der Waals surface area contributed by atoms with E-state index in [0.29, 0.717) is 12.1 Å². The second kappa shape index (κ2) is 5.57. The lowest BCUT2D eigenvalue weighted by molar-refractivity contribution is -0.384. The largest absolute Gasteiger partial charge is 0.320 e. The van der Waals surface area contributed by atoms with E-state index in [1.807, 2.05) is 7.05 Å². The van der Waals surface area contributed by atoms with Gasteiger partial charge in [-0.15, -0.1) is 0 Å². The van der Waals surface area contributed by atoms with Crippen molar-refractivity contribution in [3.05, 3.63) is 45.0 Å². The monoisotopic (exact) mass is 262 g/mol. The number of nitrogens with one attached hydrogen (secondary N) is 1. The van der Waals surface area contributed by atoms with E-state index < -0.39 is 4.92 Å². The van der Waals surface area contributed by atoms with Crippen molar-refractivity contribution >= 4 is 16.6 Å². The molecule has 2 aromatic rings. The molecule has 0 aliphatic heterocycles. The number of rotatable bonds is 5. The lowest BCUT2D eigenvalue weighted by atomic mass is 10.2. The van der Waals surface area contributed by atoms with Gasteiger partial charge in [-0.3, -0.25) is 19.5 Å². The molecular weight excluding hydrogens is 248 g/mol. The van der Waals surface area contributed by atoms with Gasteiger partial charge in [-0.05, 0) is 26.1 Å². The zero-order valence-electron chi connectivity index (χ0n) is 10.5. The molecule has 0 aliphatic carbocycles. The molecule has 0 atom stereocenters. The van der Waals surface area contributed by atoms with Crippen molar-refractivity contribution in [3.63, 3.8) is 0 Å². The third kappa shape index (κ3) is 2.76. The molecular formula is C12H14N4O3. The van der Waals surface area contributed by atoms with Crippen molar-refractivity contribution in [2.45, 2.75) is 13.0 Å². The number of benzene rings is 1. The highest BCUT2D eigenvalue weighted by molar-refractivity contribution is 5.79. The Balaban J connectivity index is 2.44. The van der Waals surface area contributed by atoms with Gasteiger partial charge in [0.15, 0.2) is 0 Å². The molecule has 1 aromatic carbocycles. The maximum absolute atomic E-state index is 12.2. The summed E-state index contributed by atoms with van der Waals surface area (Å²) >= 11 is 0. The highest BCUT2D eigenvalue weighted by Gasteiger charge is 2.10. The lowest BCUT2D eigenvalue weighted by Gasteiger charge is -2.06. The summed E-state index contributed by atoms with van der Waals surface area (Å²) in [5.74, 6) is 0. The summed E-state index contributed by atoms with van der Waals surface area (Å²) < 4.78 is 1.48. The van der Waals surface area contributed by atoms with Crippen LogP contribution in [-0.4, -0.2) is 28.1 Å². The van der Waals surface area contributed by atoms with Gasteiger partial charge < -0.3 is 5.32 Å². The van der Waals surface area contributed by atoms with Gasteiger partial charge in [-0.2, -0.15) is 0 Å². The number of fused-ring (bicyclic) bond motifs is 1. The average molecular weight is 262 g/mol. The van der Waals surface area contributed by atoms with Crippen molar-refractivity contribution in [2.24, 2.45) is 0 Å². The summed E-state index contributed by atoms with van der Waals surface area (Å²) in [7, 11) is 1.84. The number of nitro groups is 1. The highest BCUT2D eigenvalue weighted by Crippen LogP contribution is 2.16. The molecule has 0 amide bonds. The minimum absolute atomic E-state index is 0.0978. The summed E-state index contributed by atoms with van der Waals surface area (Å²) in [4.78, 5) is 26.5. The molecule has 100 valence electrons. The summed E-state index contributed by atoms with van der Waals surface area (Å²) in [5, 5.41) is 14.0. The van der Waals surface area contributed by atoms with Crippen LogP contribution in [-0.2, 0) is 6.54 Å². The normalized spacial score (nSPS) is 10.8. The second-order valence-electron chi connectivity index (χ2n) is 4.16. The maximum Gasteiger partial charge on any atom is 0.270 e. The Morgan fingerprint density at radius 2 is 2.26 bits per heavy atom. The molecule has 19 heavy (non-hydrogen) atoms. The van der Waals surface area contributed by atoms with Crippen LogP contribution in [0.3, 0.4) is 0 Å². The predicted molar refractivity (Wildman–Crippen MR) is 71.2 cm³/mol. The van der Waals surface area contributed by atoms with Crippen molar-refractivity contribution in [1.82, 2.24) is 14.9 Å². The highest BCUT2D eigenvalue weighted by atomic mass is 16.6. The van der Waals surface area contributed by atoms with Crippen LogP contribution in [0.5, 0.6) is 0 Å². The number of nitro benzene ring substituents is 1. The fourth-order valence-corrected chi connectivity index (χ4v) is 1.85. The number of non-ortho nitro benzene ring substituents is 1. The molecule has 0 aliphatic rings. The number of nitrogens with zero attached hydrogens (tertiary/aromatic N) is 3. The van der Waals surface area contributed by atoms with Gasteiger partial charge in [-0.1, -0.05) is 0 Å². The van der Waals surface area contributed by atoms with Crippen LogP contribution in [0.25, 0.3) is 10.9 Å². The van der Waals surface area contributed by atoms with Crippen LogP contribution < -0.4 is 10.9 Å². The minimum atomic E-state index is -0.517. The van der Waals surface area contributed by atoms with E-state index in [-0.39, 0.29) is 16.6 Å². The quantitative estimate of drug-likeness (QED) is 0.491. The third-order valence-corrected chi connectivity index (χ3v) is 2.84. The number of aromatic nitrogens is 2. The first kappa shape index (κ1) is 13.2. The van der Waals surface area contributed by atoms with E-state index in [9.17, 15) is 14.9 Å². The van der Waals surface area contributed by atoms with E-state index in [0.717, 1.165) is 13.0 Å². The molecule has 1 heterocycles. The maximum atomic E-state index is 12.2. The van der Waals surface area contributed by atoms with Crippen molar-refractivity contribution in [1.29, 1.82) is 0 Å². The number of aryl methyl sites for hydroxylation is 1. The van der Waals surface area contributed by atoms with Crippen LogP contribution in [0.2, 0.25) is 0 Å². The number of hydrogen-bond acceptors (Lipinski definition) is 5. The first-order valence-corrected chi connectivity index (χ1v) is 5.91. The Morgan fingerprint density at radius 1 is 1.47 bits per heavy atom. The van der Waals surface area contributed by atoms with Gasteiger partial charge in [0.05, 0.1) is 22.2 Å². The lowest BCUT2D eigenvalue weighted by Crippen LogP contribution is -2.22. The third-order valence-electron chi connectivity index (χ3n) is 2.84. The second-order valence-corrected chi connectivity index (χ2v) is 4.16. The van der Waals surface area contributed by atoms with Crippen molar-refractivity contribution in [2.75, 3.05) is 13.6 Å². The van der Waals surface area contributed by atoms with Crippen molar-refractivity contribution in [3.8, 4) is 0 Å². The standard InChI is InChI=1S/C12H14N4O3/c1-13-5-2-6-15-8-14-11-4-3-9(16(18)19)7-10(11)12(15)17/h3-4,7-8,13H,2,5-6H2,1H3. The van der Waals surface area contributed by atoms with Gasteiger partial charge in [0, 0.05) is 18.7 Å². The summed E-state index contributed by atoms with van der Waals surface area (Å²) in [6.07, 6.45) is 2.27. The minimum Gasteiger partial charge on any atom is -0.320 e. The predicted octanol–water partition coefficient (Wildman–Crippen LogP) is 0.914. The van der Waals surface area contributed by atoms with Crippen LogP contribution in [0.4, 0.5) is 5.69 Å². The van der Waals surface area contributed by atoms with E-state index in [1.54, 1.807) is 0 Å². The molecule has 0 bridgehead atoms. The topological polar surface area (TPSA) is 90.1 Å². The Morgan fingerprint density at radius 3 is 2.95 bits per heavy atom. The van der Waals surface area contributed by atoms with E-state index >= 15 is 0 Å². The molecule has 0 fully saturated rings. The molecule has 2 rings (SSSR count). The first-order valence-electron chi connectivity index (χ1n) is 5.91. The van der Waals surface area contributed by atoms with Gasteiger partial charge >= 0.3 is 0 Å². The zero-order valence-corrected chi connectivity index (χ0v) is 10.5. The molecule has 0 unspecified atom stereocenters. The fourth-order valence-electron chi connectivity index (χ4n) is 1.85. The molecule has 0 saturated heterocycles. The molecule has 1 N–H and O–H groups in total. The van der Waals surface area contributed by atoms with Gasteiger partial charge in [0.1, 0.15) is 0 Å². The van der Waals surface area contributed by atoms with Crippen molar-refractivity contribution < 1.29 is 4.92 Å². The fraction of sp³-hybridized carbons (Fsp3) is 0.333. The summed E-state index contributed by atoms with van der Waals surface area (Å²) in [6, 6.07) is 4.12. The Kier molecular flexibility index (Phi) is 3.86. The van der Waals surface area contributed by atoms with Gasteiger partial charge in [0.25, 0.3) is 11.2 Å². The smallest absolute Gasteiger partial charge is 0.270 e. The Labute approximate surface area is 109 Å². The molecule has 7 nitrogen and oxygen atoms in total. The summed E-state index contributed by atoms with van der Waals surface area (Å²) in [6.45, 7) is 1.32. The summed E-state index contributed by atoms with van der Waals surface area (Å²) in [5.41, 5.74) is 0.129. The van der Waals surface area contributed by atoms with Crippen LogP contribution in [0.15, 0.2) is 29.3 Å². The van der Waals surface area contributed by atoms with E-state index in [2.05, 4.69) is 10.3 Å². The SMILES string of the molecule is CNCCCn1cnc2ccc([N+](=O)[O-])cc2c1=O. The molecule has 1 aromatic heterocycles. The average Bonchev–Trinajstić information content (AvgIpc) is 2.41. The number of hydrogen-bond donors (Lipinski definition) is 1. The Bertz CT molecular complexity index is 666. The molecule has 0 radical (unpaired) electrons. The zero-order chi connectivity index (χ0) is 13.8. The Hall–Kier alpha value is -2.28. The van der Waals surface area contributed by atoms with Gasteiger partial charge in [-0.25, -0.2) is 4.98 Å². The van der Waals surface area contributed by atoms with Crippen LogP contribution in [0.1, 0.15) is 6.42 Å². The van der Waals surface area contributed by atoms with Crippen LogP contribution >= 0.6 is 0 Å². The van der Waals surface area contributed by atoms with E-state index in [1.165, 1.54) is 29.1 Å².